The lowest BCUT2D eigenvalue weighted by Crippen LogP contribution is -2.18. The molecule has 0 spiro atoms. The molecule has 1 N–H and O–H groups in total. The maximum absolute atomic E-state index is 3.53. The fourth-order valence-electron chi connectivity index (χ4n) is 1.81. The SMILES string of the molecule is CC(NCc1ccc(Br)c(Br)c1)c1cccc(Br)c1. The van der Waals surface area contributed by atoms with Gasteiger partial charge in [-0.05, 0) is 74.2 Å². The normalized spacial score (nSPS) is 12.4. The van der Waals surface area contributed by atoms with Crippen LogP contribution < -0.4 is 5.32 Å². The summed E-state index contributed by atoms with van der Waals surface area (Å²) < 4.78 is 3.28. The third-order valence-electron chi connectivity index (χ3n) is 2.95. The van der Waals surface area contributed by atoms with Gasteiger partial charge in [0, 0.05) is 26.0 Å². The van der Waals surface area contributed by atoms with Crippen molar-refractivity contribution in [3.05, 3.63) is 67.0 Å². The molecule has 0 fully saturated rings. The highest BCUT2D eigenvalue weighted by atomic mass is 79.9. The highest BCUT2D eigenvalue weighted by Gasteiger charge is 2.06. The van der Waals surface area contributed by atoms with Crippen LogP contribution in [-0.2, 0) is 6.54 Å². The Kier molecular flexibility index (Phi) is 5.63. The summed E-state index contributed by atoms with van der Waals surface area (Å²) in [7, 11) is 0. The molecule has 100 valence electrons. The van der Waals surface area contributed by atoms with Crippen molar-refractivity contribution < 1.29 is 0 Å². The maximum Gasteiger partial charge on any atom is 0.0320 e. The first-order valence-electron chi connectivity index (χ1n) is 5.99. The molecule has 0 saturated carbocycles. The van der Waals surface area contributed by atoms with E-state index in [4.69, 9.17) is 0 Å². The highest BCUT2D eigenvalue weighted by molar-refractivity contribution is 9.13. The minimum atomic E-state index is 0.319. The van der Waals surface area contributed by atoms with E-state index in [9.17, 15) is 0 Å². The molecule has 0 heterocycles. The lowest BCUT2D eigenvalue weighted by molar-refractivity contribution is 0.574. The molecule has 1 nitrogen and oxygen atoms in total. The Balaban J connectivity index is 2.00. The number of halogens is 3. The number of nitrogens with one attached hydrogen (secondary N) is 1. The first kappa shape index (κ1) is 15.2. The molecular formula is C15H14Br3N. The summed E-state index contributed by atoms with van der Waals surface area (Å²) in [6, 6.07) is 15.0. The second-order valence-electron chi connectivity index (χ2n) is 4.41. The monoisotopic (exact) mass is 445 g/mol. The van der Waals surface area contributed by atoms with Crippen LogP contribution in [0.1, 0.15) is 24.1 Å². The average molecular weight is 448 g/mol. The van der Waals surface area contributed by atoms with Crippen molar-refractivity contribution in [3.63, 3.8) is 0 Å². The van der Waals surface area contributed by atoms with Gasteiger partial charge in [0.2, 0.25) is 0 Å². The predicted molar refractivity (Wildman–Crippen MR) is 91.2 cm³/mol. The minimum absolute atomic E-state index is 0.319. The van der Waals surface area contributed by atoms with Crippen LogP contribution in [0, 0.1) is 0 Å². The van der Waals surface area contributed by atoms with Crippen LogP contribution in [0.2, 0.25) is 0 Å². The zero-order chi connectivity index (χ0) is 13.8. The quantitative estimate of drug-likeness (QED) is 0.622. The van der Waals surface area contributed by atoms with Gasteiger partial charge in [0.25, 0.3) is 0 Å². The van der Waals surface area contributed by atoms with Gasteiger partial charge in [-0.2, -0.15) is 0 Å². The third kappa shape index (κ3) is 4.42. The summed E-state index contributed by atoms with van der Waals surface area (Å²) in [5.74, 6) is 0. The Hall–Kier alpha value is -0.160. The van der Waals surface area contributed by atoms with Crippen LogP contribution in [0.25, 0.3) is 0 Å². The molecule has 2 rings (SSSR count). The molecule has 0 saturated heterocycles. The average Bonchev–Trinajstić information content (AvgIpc) is 2.40. The van der Waals surface area contributed by atoms with E-state index >= 15 is 0 Å². The van der Waals surface area contributed by atoms with E-state index in [1.165, 1.54) is 11.1 Å². The molecule has 4 heteroatoms. The Morgan fingerprint density at radius 1 is 1.00 bits per heavy atom. The lowest BCUT2D eigenvalue weighted by Gasteiger charge is -2.15. The molecule has 0 aliphatic heterocycles. The molecule has 1 unspecified atom stereocenters. The summed E-state index contributed by atoms with van der Waals surface area (Å²) in [6.07, 6.45) is 0. The minimum Gasteiger partial charge on any atom is -0.306 e. The van der Waals surface area contributed by atoms with E-state index in [-0.39, 0.29) is 0 Å². The number of rotatable bonds is 4. The second kappa shape index (κ2) is 7.02. The molecule has 0 aliphatic rings. The van der Waals surface area contributed by atoms with Gasteiger partial charge in [-0.3, -0.25) is 0 Å². The predicted octanol–water partition coefficient (Wildman–Crippen LogP) is 5.82. The lowest BCUT2D eigenvalue weighted by atomic mass is 10.1. The van der Waals surface area contributed by atoms with Crippen LogP contribution in [0.15, 0.2) is 55.9 Å². The zero-order valence-corrected chi connectivity index (χ0v) is 15.2. The molecule has 2 aromatic carbocycles. The first-order valence-corrected chi connectivity index (χ1v) is 8.37. The van der Waals surface area contributed by atoms with Crippen LogP contribution in [0.3, 0.4) is 0 Å². The van der Waals surface area contributed by atoms with Gasteiger partial charge < -0.3 is 5.32 Å². The molecule has 0 aliphatic carbocycles. The van der Waals surface area contributed by atoms with Crippen LogP contribution >= 0.6 is 47.8 Å². The Morgan fingerprint density at radius 2 is 1.79 bits per heavy atom. The van der Waals surface area contributed by atoms with Gasteiger partial charge in [-0.15, -0.1) is 0 Å². The summed E-state index contributed by atoms with van der Waals surface area (Å²) in [5, 5.41) is 3.53. The smallest absolute Gasteiger partial charge is 0.0320 e. The van der Waals surface area contributed by atoms with Crippen molar-refractivity contribution in [1.29, 1.82) is 0 Å². The topological polar surface area (TPSA) is 12.0 Å². The van der Waals surface area contributed by atoms with Crippen LogP contribution in [0.5, 0.6) is 0 Å². The van der Waals surface area contributed by atoms with Crippen molar-refractivity contribution in [2.45, 2.75) is 19.5 Å². The van der Waals surface area contributed by atoms with Gasteiger partial charge in [0.1, 0.15) is 0 Å². The summed E-state index contributed by atoms with van der Waals surface area (Å²) in [6.45, 7) is 3.02. The van der Waals surface area contributed by atoms with Crippen molar-refractivity contribution in [3.8, 4) is 0 Å². The van der Waals surface area contributed by atoms with E-state index in [2.05, 4.69) is 96.4 Å². The van der Waals surface area contributed by atoms with E-state index < -0.39 is 0 Å². The highest BCUT2D eigenvalue weighted by Crippen LogP contribution is 2.24. The summed E-state index contributed by atoms with van der Waals surface area (Å²) in [5.41, 5.74) is 2.54. The van der Waals surface area contributed by atoms with Crippen molar-refractivity contribution >= 4 is 47.8 Å². The van der Waals surface area contributed by atoms with Gasteiger partial charge in [-0.25, -0.2) is 0 Å². The van der Waals surface area contributed by atoms with Gasteiger partial charge >= 0.3 is 0 Å². The first-order chi connectivity index (χ1) is 9.06. The van der Waals surface area contributed by atoms with Crippen LogP contribution in [-0.4, -0.2) is 0 Å². The Labute approximate surface area is 139 Å². The molecule has 0 bridgehead atoms. The fourth-order valence-corrected chi connectivity index (χ4v) is 2.90. The van der Waals surface area contributed by atoms with E-state index in [1.54, 1.807) is 0 Å². The maximum atomic E-state index is 3.53. The summed E-state index contributed by atoms with van der Waals surface area (Å²) in [4.78, 5) is 0. The van der Waals surface area contributed by atoms with Crippen molar-refractivity contribution in [1.82, 2.24) is 5.32 Å². The van der Waals surface area contributed by atoms with Gasteiger partial charge in [0.05, 0.1) is 0 Å². The number of benzene rings is 2. The molecule has 19 heavy (non-hydrogen) atoms. The standard InChI is InChI=1S/C15H14Br3N/c1-10(12-3-2-4-13(16)8-12)19-9-11-5-6-14(17)15(18)7-11/h2-8,10,19H,9H2,1H3. The molecule has 0 aromatic heterocycles. The third-order valence-corrected chi connectivity index (χ3v) is 5.32. The Morgan fingerprint density at radius 3 is 2.47 bits per heavy atom. The summed E-state index contributed by atoms with van der Waals surface area (Å²) >= 11 is 10.5. The molecule has 0 radical (unpaired) electrons. The fraction of sp³-hybridized carbons (Fsp3) is 0.200. The Bertz CT molecular complexity index is 569. The molecule has 1 atom stereocenters. The van der Waals surface area contributed by atoms with E-state index in [0.29, 0.717) is 6.04 Å². The molecular weight excluding hydrogens is 434 g/mol. The van der Waals surface area contributed by atoms with Crippen LogP contribution in [0.4, 0.5) is 0 Å². The van der Waals surface area contributed by atoms with Crippen molar-refractivity contribution in [2.75, 3.05) is 0 Å². The number of hydrogen-bond donors (Lipinski definition) is 1. The second-order valence-corrected chi connectivity index (χ2v) is 7.03. The van der Waals surface area contributed by atoms with Crippen molar-refractivity contribution in [2.24, 2.45) is 0 Å². The molecule has 0 amide bonds. The van der Waals surface area contributed by atoms with Gasteiger partial charge in [-0.1, -0.05) is 34.1 Å². The van der Waals surface area contributed by atoms with E-state index in [0.717, 1.165) is 20.0 Å². The molecule has 2 aromatic rings. The van der Waals surface area contributed by atoms with Gasteiger partial charge in [0.15, 0.2) is 0 Å². The van der Waals surface area contributed by atoms with E-state index in [1.807, 2.05) is 6.07 Å². The largest absolute Gasteiger partial charge is 0.306 e. The zero-order valence-electron chi connectivity index (χ0n) is 10.5. The number of hydrogen-bond acceptors (Lipinski definition) is 1.